The molecular weight excluding hydrogens is 315 g/mol. The number of rotatable bonds is 6. The molecule has 1 heterocycles. The van der Waals surface area contributed by atoms with Gasteiger partial charge in [-0.05, 0) is 48.9 Å². The van der Waals surface area contributed by atoms with Gasteiger partial charge in [0, 0.05) is 30.9 Å². The third-order valence-electron chi connectivity index (χ3n) is 4.83. The highest BCUT2D eigenvalue weighted by atomic mass is 19.1. The first kappa shape index (κ1) is 17.5. The molecule has 0 bridgehead atoms. The average molecular weight is 340 g/mol. The molecule has 0 spiro atoms. The minimum absolute atomic E-state index is 0.0753. The summed E-state index contributed by atoms with van der Waals surface area (Å²) in [6, 6.07) is 14.9. The van der Waals surface area contributed by atoms with Gasteiger partial charge in [0.05, 0.1) is 0 Å². The fourth-order valence-electron chi connectivity index (χ4n) is 3.46. The van der Waals surface area contributed by atoms with Gasteiger partial charge < -0.3 is 10.2 Å². The molecule has 3 rings (SSSR count). The molecule has 0 radical (unpaired) electrons. The second-order valence-corrected chi connectivity index (χ2v) is 6.66. The fraction of sp³-hybridized carbons (Fsp3) is 0.381. The van der Waals surface area contributed by atoms with Gasteiger partial charge in [-0.25, -0.2) is 4.39 Å². The lowest BCUT2D eigenvalue weighted by molar-refractivity contribution is -0.116. The standard InChI is InChI=1S/C21H25FN2O/c1-2-16(17-8-4-3-5-9-17)12-21(25)23-19-13-18(22)14-20(15-19)24-10-6-7-11-24/h3-5,8-9,13-16H,2,6-7,10-12H2,1H3,(H,23,25). The minimum atomic E-state index is -0.310. The third kappa shape index (κ3) is 4.59. The van der Waals surface area contributed by atoms with Crippen molar-refractivity contribution in [1.82, 2.24) is 0 Å². The Kier molecular flexibility index (Phi) is 5.69. The largest absolute Gasteiger partial charge is 0.371 e. The summed E-state index contributed by atoms with van der Waals surface area (Å²) in [5, 5.41) is 2.88. The molecule has 0 aliphatic carbocycles. The predicted molar refractivity (Wildman–Crippen MR) is 101 cm³/mol. The van der Waals surface area contributed by atoms with Gasteiger partial charge in [-0.15, -0.1) is 0 Å². The van der Waals surface area contributed by atoms with Crippen LogP contribution >= 0.6 is 0 Å². The highest BCUT2D eigenvalue weighted by Gasteiger charge is 2.17. The van der Waals surface area contributed by atoms with Gasteiger partial charge in [-0.1, -0.05) is 37.3 Å². The van der Waals surface area contributed by atoms with Gasteiger partial charge in [0.1, 0.15) is 5.82 Å². The van der Waals surface area contributed by atoms with Crippen LogP contribution in [0, 0.1) is 5.82 Å². The Hall–Kier alpha value is -2.36. The molecular formula is C21H25FN2O. The lowest BCUT2D eigenvalue weighted by Gasteiger charge is -2.19. The molecule has 0 saturated carbocycles. The second kappa shape index (κ2) is 8.15. The number of anilines is 2. The van der Waals surface area contributed by atoms with Crippen molar-refractivity contribution in [2.75, 3.05) is 23.3 Å². The van der Waals surface area contributed by atoms with Crippen molar-refractivity contribution in [1.29, 1.82) is 0 Å². The Balaban J connectivity index is 1.68. The van der Waals surface area contributed by atoms with Crippen LogP contribution in [-0.4, -0.2) is 19.0 Å². The van der Waals surface area contributed by atoms with Crippen LogP contribution in [0.4, 0.5) is 15.8 Å². The van der Waals surface area contributed by atoms with Gasteiger partial charge in [-0.2, -0.15) is 0 Å². The maximum Gasteiger partial charge on any atom is 0.224 e. The maximum atomic E-state index is 13.9. The first-order chi connectivity index (χ1) is 12.2. The number of halogens is 1. The van der Waals surface area contributed by atoms with Gasteiger partial charge in [0.15, 0.2) is 0 Å². The molecule has 1 aliphatic rings. The van der Waals surface area contributed by atoms with E-state index in [4.69, 9.17) is 0 Å². The normalized spacial score (nSPS) is 15.2. The summed E-state index contributed by atoms with van der Waals surface area (Å²) in [5.41, 5.74) is 2.55. The maximum absolute atomic E-state index is 13.9. The van der Waals surface area contributed by atoms with Crippen molar-refractivity contribution in [3.05, 3.63) is 59.9 Å². The molecule has 1 amide bonds. The third-order valence-corrected chi connectivity index (χ3v) is 4.83. The molecule has 3 nitrogen and oxygen atoms in total. The number of carbonyl (C=O) groups excluding carboxylic acids is 1. The minimum Gasteiger partial charge on any atom is -0.371 e. The van der Waals surface area contributed by atoms with Crippen LogP contribution in [0.2, 0.25) is 0 Å². The summed E-state index contributed by atoms with van der Waals surface area (Å²) in [5.74, 6) is -0.212. The molecule has 1 aliphatic heterocycles. The van der Waals surface area contributed by atoms with E-state index < -0.39 is 0 Å². The van der Waals surface area contributed by atoms with Crippen LogP contribution in [0.1, 0.15) is 44.1 Å². The SMILES string of the molecule is CCC(CC(=O)Nc1cc(F)cc(N2CCCC2)c1)c1ccccc1. The second-order valence-electron chi connectivity index (χ2n) is 6.66. The van der Waals surface area contributed by atoms with Crippen molar-refractivity contribution in [3.8, 4) is 0 Å². The highest BCUT2D eigenvalue weighted by Crippen LogP contribution is 2.27. The highest BCUT2D eigenvalue weighted by molar-refractivity contribution is 5.91. The summed E-state index contributed by atoms with van der Waals surface area (Å²) >= 11 is 0. The summed E-state index contributed by atoms with van der Waals surface area (Å²) in [6.45, 7) is 3.98. The van der Waals surface area contributed by atoms with Crippen LogP contribution in [0.5, 0.6) is 0 Å². The smallest absolute Gasteiger partial charge is 0.224 e. The van der Waals surface area contributed by atoms with E-state index >= 15 is 0 Å². The number of amides is 1. The summed E-state index contributed by atoms with van der Waals surface area (Å²) in [4.78, 5) is 14.6. The molecule has 2 aromatic carbocycles. The van der Waals surface area contributed by atoms with E-state index in [1.165, 1.54) is 6.07 Å². The first-order valence-electron chi connectivity index (χ1n) is 9.06. The topological polar surface area (TPSA) is 32.3 Å². The molecule has 2 aromatic rings. The molecule has 1 unspecified atom stereocenters. The summed E-state index contributed by atoms with van der Waals surface area (Å²) in [6.07, 6.45) is 3.55. The van der Waals surface area contributed by atoms with Gasteiger partial charge in [0.2, 0.25) is 5.91 Å². The Morgan fingerprint density at radius 2 is 1.88 bits per heavy atom. The zero-order valence-electron chi connectivity index (χ0n) is 14.7. The van der Waals surface area contributed by atoms with Gasteiger partial charge in [-0.3, -0.25) is 4.79 Å². The van der Waals surface area contributed by atoms with Crippen molar-refractivity contribution in [2.24, 2.45) is 0 Å². The van der Waals surface area contributed by atoms with E-state index in [-0.39, 0.29) is 17.6 Å². The quantitative estimate of drug-likeness (QED) is 0.807. The molecule has 0 aromatic heterocycles. The van der Waals surface area contributed by atoms with Crippen molar-refractivity contribution in [2.45, 2.75) is 38.5 Å². The molecule has 4 heteroatoms. The van der Waals surface area contributed by atoms with E-state index in [9.17, 15) is 9.18 Å². The van der Waals surface area contributed by atoms with Crippen molar-refractivity contribution in [3.63, 3.8) is 0 Å². The fourth-order valence-corrected chi connectivity index (χ4v) is 3.46. The van der Waals surface area contributed by atoms with E-state index in [2.05, 4.69) is 29.3 Å². The van der Waals surface area contributed by atoms with E-state index in [0.29, 0.717) is 12.1 Å². The van der Waals surface area contributed by atoms with Crippen LogP contribution in [0.3, 0.4) is 0 Å². The Morgan fingerprint density at radius 3 is 2.56 bits per heavy atom. The van der Waals surface area contributed by atoms with Gasteiger partial charge in [0.25, 0.3) is 0 Å². The number of hydrogen-bond donors (Lipinski definition) is 1. The lowest BCUT2D eigenvalue weighted by Crippen LogP contribution is -2.19. The Morgan fingerprint density at radius 1 is 1.16 bits per heavy atom. The summed E-state index contributed by atoms with van der Waals surface area (Å²) < 4.78 is 13.9. The van der Waals surface area contributed by atoms with E-state index in [0.717, 1.165) is 43.6 Å². The number of carbonyl (C=O) groups is 1. The monoisotopic (exact) mass is 340 g/mol. The molecule has 1 fully saturated rings. The molecule has 132 valence electrons. The molecule has 25 heavy (non-hydrogen) atoms. The molecule has 1 N–H and O–H groups in total. The van der Waals surface area contributed by atoms with E-state index in [1.54, 1.807) is 6.07 Å². The van der Waals surface area contributed by atoms with Crippen LogP contribution in [-0.2, 0) is 4.79 Å². The van der Waals surface area contributed by atoms with Crippen molar-refractivity contribution < 1.29 is 9.18 Å². The van der Waals surface area contributed by atoms with Crippen molar-refractivity contribution >= 4 is 17.3 Å². The molecule has 1 saturated heterocycles. The first-order valence-corrected chi connectivity index (χ1v) is 9.06. The Labute approximate surface area is 148 Å². The number of nitrogens with one attached hydrogen (secondary N) is 1. The number of nitrogens with zero attached hydrogens (tertiary/aromatic N) is 1. The average Bonchev–Trinajstić information content (AvgIpc) is 3.14. The zero-order valence-corrected chi connectivity index (χ0v) is 14.7. The number of benzene rings is 2. The number of hydrogen-bond acceptors (Lipinski definition) is 2. The van der Waals surface area contributed by atoms with Crippen LogP contribution in [0.25, 0.3) is 0 Å². The summed E-state index contributed by atoms with van der Waals surface area (Å²) in [7, 11) is 0. The van der Waals surface area contributed by atoms with E-state index in [1.807, 2.05) is 24.3 Å². The lowest BCUT2D eigenvalue weighted by atomic mass is 9.93. The Bertz CT molecular complexity index is 711. The van der Waals surface area contributed by atoms with Gasteiger partial charge >= 0.3 is 0 Å². The van der Waals surface area contributed by atoms with Crippen LogP contribution in [0.15, 0.2) is 48.5 Å². The molecule has 1 atom stereocenters. The predicted octanol–water partition coefficient (Wildman–Crippen LogP) is 4.95. The van der Waals surface area contributed by atoms with Crippen LogP contribution < -0.4 is 10.2 Å². The zero-order chi connectivity index (χ0) is 17.6.